The van der Waals surface area contributed by atoms with Crippen LogP contribution in [0.2, 0.25) is 0 Å². The highest BCUT2D eigenvalue weighted by molar-refractivity contribution is 5.77. The summed E-state index contributed by atoms with van der Waals surface area (Å²) in [5.41, 5.74) is -0.667. The van der Waals surface area contributed by atoms with Crippen LogP contribution in [0.3, 0.4) is 0 Å². The molecule has 0 saturated carbocycles. The van der Waals surface area contributed by atoms with Crippen molar-refractivity contribution in [2.24, 2.45) is 20.0 Å². The summed E-state index contributed by atoms with van der Waals surface area (Å²) in [5.74, 6) is -0.470. The minimum atomic E-state index is -4.67. The fourth-order valence-electron chi connectivity index (χ4n) is 4.90. The first kappa shape index (κ1) is 30.6. The zero-order chi connectivity index (χ0) is 34.3. The molecule has 4 aromatic rings. The van der Waals surface area contributed by atoms with Crippen molar-refractivity contribution in [2.45, 2.75) is 20.0 Å². The van der Waals surface area contributed by atoms with E-state index in [0.717, 1.165) is 12.1 Å². The summed E-state index contributed by atoms with van der Waals surface area (Å²) in [4.78, 5) is 40.7. The van der Waals surface area contributed by atoms with Gasteiger partial charge in [-0.1, -0.05) is 6.07 Å². The average molecular weight is 635 g/mol. The van der Waals surface area contributed by atoms with Gasteiger partial charge in [0, 0.05) is 16.7 Å². The molecule has 2 aliphatic heterocycles. The van der Waals surface area contributed by atoms with Gasteiger partial charge >= 0.3 is 11.9 Å². The van der Waals surface area contributed by atoms with Gasteiger partial charge < -0.3 is 0 Å². The number of halogens is 3. The standard InChI is InChI=1S/C33H13F3N12/c1-15-10-17(12-18(11-15)33(34,35)36)29-46-30(19-6-8-22-25(21(19)13-37)44-32(43-22)24(14-38)40-4)48-31(47-29)20-7-9-23-27(26(20)41-5)45-28(42-23)16(2)39-3/h6-12H,1-2H3/b28-16-,32-24+. The van der Waals surface area contributed by atoms with E-state index in [2.05, 4.69) is 49.5 Å². The van der Waals surface area contributed by atoms with Crippen LogP contribution in [0.4, 0.5) is 18.9 Å². The number of nitrogens with zero attached hydrogens (tertiary/aromatic N) is 12. The van der Waals surface area contributed by atoms with Crippen molar-refractivity contribution < 1.29 is 13.2 Å². The van der Waals surface area contributed by atoms with Crippen molar-refractivity contribution in [3.05, 3.63) is 138 Å². The Labute approximate surface area is 268 Å². The van der Waals surface area contributed by atoms with Crippen LogP contribution in [0.15, 0.2) is 85.5 Å². The van der Waals surface area contributed by atoms with Crippen molar-refractivity contribution in [2.75, 3.05) is 0 Å². The smallest absolute Gasteiger partial charge is 0.251 e. The highest BCUT2D eigenvalue weighted by Gasteiger charge is 2.31. The molecule has 48 heavy (non-hydrogen) atoms. The molecule has 2 aliphatic rings. The lowest BCUT2D eigenvalue weighted by atomic mass is 10.0. The molecular weight excluding hydrogens is 621 g/mol. The number of nitriles is 2. The quantitative estimate of drug-likeness (QED) is 0.233. The number of benzene rings is 3. The van der Waals surface area contributed by atoms with E-state index in [1.165, 1.54) is 38.1 Å². The third-order valence-corrected chi connectivity index (χ3v) is 7.10. The molecule has 0 atom stereocenters. The zero-order valence-electron chi connectivity index (χ0n) is 24.5. The number of allylic oxidation sites excluding steroid dienone is 2. The van der Waals surface area contributed by atoms with Gasteiger partial charge in [-0.25, -0.2) is 49.7 Å². The fourth-order valence-corrected chi connectivity index (χ4v) is 4.90. The van der Waals surface area contributed by atoms with Crippen molar-refractivity contribution in [1.82, 2.24) is 15.0 Å². The summed E-state index contributed by atoms with van der Waals surface area (Å²) in [6, 6.07) is 13.1. The molecule has 6 rings (SSSR count). The lowest BCUT2D eigenvalue weighted by Crippen LogP contribution is -2.26. The highest BCUT2D eigenvalue weighted by atomic mass is 19.4. The predicted molar refractivity (Wildman–Crippen MR) is 160 cm³/mol. The Kier molecular flexibility index (Phi) is 7.34. The molecule has 3 heterocycles. The number of fused-ring (bicyclic) bond motifs is 2. The van der Waals surface area contributed by atoms with Gasteiger partial charge in [-0.3, -0.25) is 4.99 Å². The Balaban J connectivity index is 1.68. The van der Waals surface area contributed by atoms with Gasteiger partial charge in [0.15, 0.2) is 29.1 Å². The summed E-state index contributed by atoms with van der Waals surface area (Å²) in [7, 11) is 0. The Bertz CT molecular complexity index is 2670. The van der Waals surface area contributed by atoms with Crippen LogP contribution < -0.4 is 21.4 Å². The average Bonchev–Trinajstić information content (AvgIpc) is 3.71. The number of aromatic nitrogens is 3. The molecule has 0 amide bonds. The molecule has 226 valence electrons. The van der Waals surface area contributed by atoms with Crippen LogP contribution in [-0.2, 0) is 6.18 Å². The molecule has 0 spiro atoms. The van der Waals surface area contributed by atoms with Gasteiger partial charge in [0.25, 0.3) is 0 Å². The second-order valence-electron chi connectivity index (χ2n) is 10.2. The van der Waals surface area contributed by atoms with E-state index in [0.29, 0.717) is 5.36 Å². The summed E-state index contributed by atoms with van der Waals surface area (Å²) in [6.07, 6.45) is -4.67. The van der Waals surface area contributed by atoms with Crippen molar-refractivity contribution in [1.29, 1.82) is 10.5 Å². The van der Waals surface area contributed by atoms with E-state index >= 15 is 0 Å². The molecule has 0 aliphatic carbocycles. The normalized spacial score (nSPS) is 14.6. The summed E-state index contributed by atoms with van der Waals surface area (Å²) >= 11 is 0. The van der Waals surface area contributed by atoms with E-state index < -0.39 is 11.7 Å². The van der Waals surface area contributed by atoms with Crippen LogP contribution >= 0.6 is 0 Å². The number of alkyl halides is 3. The topological polar surface area (TPSA) is 149 Å². The number of rotatable bonds is 3. The Hall–Kier alpha value is -7.41. The number of hydrogen-bond donors (Lipinski definition) is 0. The molecular formula is C33H13F3N12. The molecule has 0 bridgehead atoms. The first-order valence-electron chi connectivity index (χ1n) is 13.5. The monoisotopic (exact) mass is 634 g/mol. The molecule has 0 N–H and O–H groups in total. The largest absolute Gasteiger partial charge is 0.416 e. The summed E-state index contributed by atoms with van der Waals surface area (Å²) < 4.78 is 41.5. The van der Waals surface area contributed by atoms with E-state index in [-0.39, 0.29) is 90.1 Å². The molecule has 12 nitrogen and oxygen atoms in total. The van der Waals surface area contributed by atoms with Crippen molar-refractivity contribution >= 4 is 5.69 Å². The van der Waals surface area contributed by atoms with Gasteiger partial charge in [0.05, 0.1) is 53.0 Å². The second kappa shape index (κ2) is 11.5. The van der Waals surface area contributed by atoms with Crippen LogP contribution in [0.25, 0.3) is 48.7 Å². The second-order valence-corrected chi connectivity index (χ2v) is 10.2. The molecule has 0 fully saturated rings. The van der Waals surface area contributed by atoms with Gasteiger partial charge in [-0.2, -0.15) is 18.4 Å². The molecule has 0 saturated heterocycles. The van der Waals surface area contributed by atoms with Crippen molar-refractivity contribution in [3.8, 4) is 46.3 Å². The Morgan fingerprint density at radius 1 is 0.771 bits per heavy atom. The van der Waals surface area contributed by atoms with Gasteiger partial charge in [0.1, 0.15) is 11.4 Å². The third-order valence-electron chi connectivity index (χ3n) is 7.10. The maximum atomic E-state index is 13.8. The third kappa shape index (κ3) is 5.18. The maximum Gasteiger partial charge on any atom is 0.416 e. The van der Waals surface area contributed by atoms with Crippen LogP contribution in [0.5, 0.6) is 0 Å². The minimum absolute atomic E-state index is 0.00405. The number of hydrogen-bond acceptors (Lipinski definition) is 9. The van der Waals surface area contributed by atoms with Crippen LogP contribution in [0, 0.1) is 49.3 Å². The lowest BCUT2D eigenvalue weighted by molar-refractivity contribution is -0.137. The van der Waals surface area contributed by atoms with Gasteiger partial charge in [0.2, 0.25) is 11.4 Å². The lowest BCUT2D eigenvalue weighted by Gasteiger charge is -2.13. The van der Waals surface area contributed by atoms with Gasteiger partial charge in [-0.05, 0) is 55.8 Å². The maximum absolute atomic E-state index is 13.8. The summed E-state index contributed by atoms with van der Waals surface area (Å²) in [5, 5.41) is 20.3. The van der Waals surface area contributed by atoms with Crippen LogP contribution in [-0.4, -0.2) is 15.0 Å². The molecule has 1 aromatic heterocycles. The zero-order valence-corrected chi connectivity index (χ0v) is 24.5. The number of aryl methyl sites for hydroxylation is 1. The fraction of sp³-hybridized carbons (Fsp3) is 0.0909. The van der Waals surface area contributed by atoms with Crippen LogP contribution in [0.1, 0.15) is 23.6 Å². The molecule has 15 heteroatoms. The Morgan fingerprint density at radius 2 is 1.40 bits per heavy atom. The molecule has 3 aromatic carbocycles. The first-order valence-corrected chi connectivity index (χ1v) is 13.5. The van der Waals surface area contributed by atoms with Gasteiger partial charge in [-0.15, -0.1) is 0 Å². The SMILES string of the molecule is [C-]#[N+]/C(C)=C1/N=c2ccc(-c3nc(-c4cc(C)cc(C(F)(F)F)c4)nc(-c4ccc5c(c4C#N)=N/C(=C(\C#N)[N+]#[C-])N=5)n3)c([N+]#[C-])c2=N1. The van der Waals surface area contributed by atoms with E-state index in [9.17, 15) is 23.7 Å². The van der Waals surface area contributed by atoms with Crippen molar-refractivity contribution in [3.63, 3.8) is 0 Å². The highest BCUT2D eigenvalue weighted by Crippen LogP contribution is 2.34. The Morgan fingerprint density at radius 3 is 2.02 bits per heavy atom. The van der Waals surface area contributed by atoms with E-state index in [1.807, 2.05) is 6.07 Å². The van der Waals surface area contributed by atoms with E-state index in [4.69, 9.17) is 19.7 Å². The molecule has 0 unspecified atom stereocenters. The van der Waals surface area contributed by atoms with E-state index in [1.54, 1.807) is 12.1 Å². The minimum Gasteiger partial charge on any atom is -0.251 e. The first-order chi connectivity index (χ1) is 23.0. The summed E-state index contributed by atoms with van der Waals surface area (Å²) in [6.45, 7) is 25.5. The molecule has 0 radical (unpaired) electrons. The predicted octanol–water partition coefficient (Wildman–Crippen LogP) is 4.85.